The minimum absolute atomic E-state index is 0. The number of rotatable bonds is 9. The van der Waals surface area contributed by atoms with Gasteiger partial charge < -0.3 is 15.5 Å². The molecule has 174 valence electrons. The van der Waals surface area contributed by atoms with E-state index in [4.69, 9.17) is 0 Å². The molecule has 0 radical (unpaired) electrons. The van der Waals surface area contributed by atoms with E-state index in [2.05, 4.69) is 64.0 Å². The number of imide groups is 1. The van der Waals surface area contributed by atoms with E-state index >= 15 is 0 Å². The summed E-state index contributed by atoms with van der Waals surface area (Å²) in [5, 5.41) is 6.55. The highest BCUT2D eigenvalue weighted by atomic mass is 127. The van der Waals surface area contributed by atoms with Crippen LogP contribution in [0.3, 0.4) is 0 Å². The number of nitrogens with one attached hydrogen (secondary N) is 2. The lowest BCUT2D eigenvalue weighted by atomic mass is 9.85. The highest BCUT2D eigenvalue weighted by Crippen LogP contribution is 2.52. The summed E-state index contributed by atoms with van der Waals surface area (Å²) in [7, 11) is 3.85. The van der Waals surface area contributed by atoms with Crippen LogP contribution < -0.4 is 15.5 Å². The highest BCUT2D eigenvalue weighted by Gasteiger charge is 2.58. The summed E-state index contributed by atoms with van der Waals surface area (Å²) < 4.78 is 0. The van der Waals surface area contributed by atoms with Crippen molar-refractivity contribution < 1.29 is 9.59 Å². The lowest BCUT2D eigenvalue weighted by Crippen LogP contribution is -2.44. The van der Waals surface area contributed by atoms with Crippen LogP contribution in [0.15, 0.2) is 47.5 Å². The molecule has 3 aliphatic rings. The summed E-state index contributed by atoms with van der Waals surface area (Å²) in [5.41, 5.74) is 1.23. The molecule has 1 aliphatic heterocycles. The van der Waals surface area contributed by atoms with Gasteiger partial charge in [-0.05, 0) is 43.2 Å². The van der Waals surface area contributed by atoms with Crippen molar-refractivity contribution in [2.24, 2.45) is 28.7 Å². The molecule has 4 unspecified atom stereocenters. The molecule has 0 aromatic heterocycles. The van der Waals surface area contributed by atoms with Gasteiger partial charge in [-0.2, -0.15) is 0 Å². The molecule has 1 heterocycles. The third-order valence-electron chi connectivity index (χ3n) is 6.82. The first kappa shape index (κ1) is 24.5. The van der Waals surface area contributed by atoms with Gasteiger partial charge in [0.25, 0.3) is 0 Å². The van der Waals surface area contributed by atoms with Crippen LogP contribution in [-0.2, 0) is 9.59 Å². The van der Waals surface area contributed by atoms with Gasteiger partial charge in [0.05, 0.1) is 11.8 Å². The number of unbranched alkanes of at least 4 members (excludes halogenated alkanes) is 1. The van der Waals surface area contributed by atoms with Crippen LogP contribution in [-0.4, -0.2) is 62.9 Å². The summed E-state index contributed by atoms with van der Waals surface area (Å²) in [6.07, 6.45) is 7.33. The normalized spacial score (nSPS) is 25.7. The van der Waals surface area contributed by atoms with E-state index in [1.807, 2.05) is 6.07 Å². The average molecular weight is 551 g/mol. The largest absolute Gasteiger partial charge is 0.375 e. The van der Waals surface area contributed by atoms with E-state index < -0.39 is 0 Å². The lowest BCUT2D eigenvalue weighted by Gasteiger charge is -2.20. The van der Waals surface area contributed by atoms with Crippen molar-refractivity contribution in [3.63, 3.8) is 0 Å². The zero-order valence-electron chi connectivity index (χ0n) is 18.9. The second kappa shape index (κ2) is 11.2. The number of amides is 2. The van der Waals surface area contributed by atoms with Crippen LogP contribution >= 0.6 is 24.0 Å². The van der Waals surface area contributed by atoms with E-state index in [0.717, 1.165) is 32.4 Å². The lowest BCUT2D eigenvalue weighted by molar-refractivity contribution is -0.140. The van der Waals surface area contributed by atoms with E-state index in [9.17, 15) is 9.59 Å². The van der Waals surface area contributed by atoms with E-state index in [1.165, 1.54) is 10.6 Å². The summed E-state index contributed by atoms with van der Waals surface area (Å²) in [6, 6.07) is 10.4. The van der Waals surface area contributed by atoms with Crippen molar-refractivity contribution in [2.45, 2.75) is 19.3 Å². The number of fused-ring (bicyclic) bond motifs is 5. The van der Waals surface area contributed by atoms with Gasteiger partial charge >= 0.3 is 0 Å². The SMILES string of the molecule is CN=C(NCCCCN(C)c1ccccc1)NCCN1C(=O)C2C3C=CC(C3)C2C1=O.I. The number of nitrogens with zero attached hydrogens (tertiary/aromatic N) is 3. The Balaban J connectivity index is 0.00000289. The molecular weight excluding hydrogens is 517 g/mol. The number of aliphatic imine (C=N–C) groups is 1. The van der Waals surface area contributed by atoms with Crippen LogP contribution in [0.1, 0.15) is 19.3 Å². The number of carbonyl (C=O) groups excluding carboxylic acids is 2. The first-order chi connectivity index (χ1) is 15.1. The quantitative estimate of drug-likeness (QED) is 0.123. The maximum absolute atomic E-state index is 12.7. The van der Waals surface area contributed by atoms with E-state index in [-0.39, 0.29) is 59.5 Å². The first-order valence-electron chi connectivity index (χ1n) is 11.3. The van der Waals surface area contributed by atoms with Crippen molar-refractivity contribution >= 4 is 47.4 Å². The molecule has 4 rings (SSSR count). The second-order valence-electron chi connectivity index (χ2n) is 8.72. The van der Waals surface area contributed by atoms with Gasteiger partial charge in [-0.15, -0.1) is 24.0 Å². The number of anilines is 1. The van der Waals surface area contributed by atoms with Crippen molar-refractivity contribution in [1.29, 1.82) is 0 Å². The van der Waals surface area contributed by atoms with Gasteiger partial charge in [0.1, 0.15) is 0 Å². The molecule has 8 heteroatoms. The smallest absolute Gasteiger partial charge is 0.233 e. The number of benzene rings is 1. The number of hydrogen-bond acceptors (Lipinski definition) is 4. The molecule has 2 aliphatic carbocycles. The van der Waals surface area contributed by atoms with Gasteiger partial charge in [-0.1, -0.05) is 30.4 Å². The van der Waals surface area contributed by atoms with Crippen molar-refractivity contribution in [1.82, 2.24) is 15.5 Å². The van der Waals surface area contributed by atoms with Crippen LogP contribution in [0.5, 0.6) is 0 Å². The summed E-state index contributed by atoms with van der Waals surface area (Å²) in [4.78, 5) is 33.4. The fourth-order valence-corrected chi connectivity index (χ4v) is 5.18. The van der Waals surface area contributed by atoms with Gasteiger partial charge in [-0.25, -0.2) is 0 Å². The number of halogens is 1. The Kier molecular flexibility index (Phi) is 8.56. The Morgan fingerprint density at radius 2 is 1.66 bits per heavy atom. The Bertz CT molecular complexity index is 829. The van der Waals surface area contributed by atoms with Crippen LogP contribution in [0.25, 0.3) is 0 Å². The maximum atomic E-state index is 12.7. The molecule has 2 fully saturated rings. The summed E-state index contributed by atoms with van der Waals surface area (Å²) in [5.74, 6) is 1.03. The molecule has 1 aromatic rings. The van der Waals surface area contributed by atoms with Crippen LogP contribution in [0.2, 0.25) is 0 Å². The predicted octanol–water partition coefficient (Wildman–Crippen LogP) is 2.49. The number of hydrogen-bond donors (Lipinski definition) is 2. The van der Waals surface area contributed by atoms with Crippen molar-refractivity contribution in [3.8, 4) is 0 Å². The second-order valence-corrected chi connectivity index (χ2v) is 8.72. The summed E-state index contributed by atoms with van der Waals surface area (Å²) >= 11 is 0. The monoisotopic (exact) mass is 551 g/mol. The van der Waals surface area contributed by atoms with Gasteiger partial charge in [0.15, 0.2) is 5.96 Å². The predicted molar refractivity (Wildman–Crippen MR) is 138 cm³/mol. The fourth-order valence-electron chi connectivity index (χ4n) is 5.18. The Morgan fingerprint density at radius 1 is 1.03 bits per heavy atom. The van der Waals surface area contributed by atoms with Gasteiger partial charge in [-0.3, -0.25) is 19.5 Å². The number of para-hydroxylation sites is 1. The molecule has 1 saturated heterocycles. The molecular formula is C24H34IN5O2. The van der Waals surface area contributed by atoms with Crippen LogP contribution in [0.4, 0.5) is 5.69 Å². The zero-order chi connectivity index (χ0) is 21.8. The number of guanidine groups is 1. The Labute approximate surface area is 207 Å². The first-order valence-corrected chi connectivity index (χ1v) is 11.3. The minimum Gasteiger partial charge on any atom is -0.375 e. The van der Waals surface area contributed by atoms with E-state index in [1.54, 1.807) is 7.05 Å². The minimum atomic E-state index is -0.117. The number of carbonyl (C=O) groups is 2. The Morgan fingerprint density at radius 3 is 2.28 bits per heavy atom. The fraction of sp³-hybridized carbons (Fsp3) is 0.542. The summed E-state index contributed by atoms with van der Waals surface area (Å²) in [6.45, 7) is 2.72. The number of allylic oxidation sites excluding steroid dienone is 2. The van der Waals surface area contributed by atoms with Gasteiger partial charge in [0.2, 0.25) is 11.8 Å². The molecule has 2 amide bonds. The molecule has 0 spiro atoms. The molecule has 4 atom stereocenters. The van der Waals surface area contributed by atoms with E-state index in [0.29, 0.717) is 19.0 Å². The third kappa shape index (κ3) is 5.10. The standard InChI is InChI=1S/C24H33N5O2.HI/c1-25-24(26-12-6-7-14-28(2)19-8-4-3-5-9-19)27-13-15-29-22(30)20-17-10-11-18(16-17)21(20)23(29)31;/h3-5,8-11,17-18,20-21H,6-7,12-16H2,1-2H3,(H2,25,26,27);1H. The van der Waals surface area contributed by atoms with Crippen LogP contribution in [0, 0.1) is 23.7 Å². The molecule has 1 saturated carbocycles. The molecule has 2 bridgehead atoms. The number of likely N-dealkylation sites (tertiary alicyclic amines) is 1. The maximum Gasteiger partial charge on any atom is 0.233 e. The van der Waals surface area contributed by atoms with Gasteiger partial charge in [0, 0.05) is 46.0 Å². The highest BCUT2D eigenvalue weighted by molar-refractivity contribution is 14.0. The third-order valence-corrected chi connectivity index (χ3v) is 6.82. The topological polar surface area (TPSA) is 77.0 Å². The molecule has 32 heavy (non-hydrogen) atoms. The molecule has 1 aromatic carbocycles. The molecule has 2 N–H and O–H groups in total. The zero-order valence-corrected chi connectivity index (χ0v) is 21.2. The Hall–Kier alpha value is -2.10. The average Bonchev–Trinajstić information content (AvgIpc) is 3.47. The molecule has 7 nitrogen and oxygen atoms in total. The van der Waals surface area contributed by atoms with Crippen molar-refractivity contribution in [2.75, 3.05) is 45.2 Å². The van der Waals surface area contributed by atoms with Crippen molar-refractivity contribution in [3.05, 3.63) is 42.5 Å².